The van der Waals surface area contributed by atoms with Crippen LogP contribution in [-0.2, 0) is 11.3 Å². The molecule has 2 rings (SSSR count). The van der Waals surface area contributed by atoms with E-state index in [-0.39, 0.29) is 24.7 Å². The Hall–Kier alpha value is -2.37. The summed E-state index contributed by atoms with van der Waals surface area (Å²) in [7, 11) is 0. The van der Waals surface area contributed by atoms with Crippen molar-refractivity contribution in [3.8, 4) is 0 Å². The highest BCUT2D eigenvalue weighted by Crippen LogP contribution is 2.17. The number of furan rings is 1. The van der Waals surface area contributed by atoms with Crippen molar-refractivity contribution in [1.82, 2.24) is 5.32 Å². The zero-order valence-electron chi connectivity index (χ0n) is 9.95. The van der Waals surface area contributed by atoms with Crippen LogP contribution in [0, 0.1) is 11.6 Å². The molecule has 100 valence electrons. The molecule has 0 fully saturated rings. The zero-order valence-corrected chi connectivity index (χ0v) is 9.95. The largest absolute Gasteiger partial charge is 0.467 e. The maximum absolute atomic E-state index is 13.3. The summed E-state index contributed by atoms with van der Waals surface area (Å²) in [6, 6.07) is 6.91. The molecule has 0 saturated heterocycles. The average Bonchev–Trinajstić information content (AvgIpc) is 2.89. The third kappa shape index (κ3) is 3.54. The molecule has 1 heterocycles. The molecule has 0 aliphatic rings. The van der Waals surface area contributed by atoms with Gasteiger partial charge in [0.15, 0.2) is 0 Å². The van der Waals surface area contributed by atoms with Crippen LogP contribution in [0.5, 0.6) is 0 Å². The maximum atomic E-state index is 13.3. The molecule has 0 aliphatic carbocycles. The lowest BCUT2D eigenvalue weighted by Gasteiger charge is -2.08. The van der Waals surface area contributed by atoms with Crippen molar-refractivity contribution in [2.24, 2.45) is 0 Å². The smallest absolute Gasteiger partial charge is 0.239 e. The van der Waals surface area contributed by atoms with E-state index in [9.17, 15) is 13.6 Å². The third-order valence-electron chi connectivity index (χ3n) is 2.43. The number of carbonyl (C=O) groups is 1. The van der Waals surface area contributed by atoms with Crippen LogP contribution in [0.25, 0.3) is 0 Å². The molecule has 1 amide bonds. The van der Waals surface area contributed by atoms with Gasteiger partial charge in [-0.05, 0) is 24.3 Å². The summed E-state index contributed by atoms with van der Waals surface area (Å²) in [5.41, 5.74) is -0.310. The number of halogens is 2. The summed E-state index contributed by atoms with van der Waals surface area (Å²) in [5, 5.41) is 4.97. The minimum Gasteiger partial charge on any atom is -0.467 e. The lowest BCUT2D eigenvalue weighted by molar-refractivity contribution is -0.119. The first-order valence-corrected chi connectivity index (χ1v) is 5.64. The molecular formula is C13H12F2N2O2. The van der Waals surface area contributed by atoms with Gasteiger partial charge in [0.05, 0.1) is 19.4 Å². The summed E-state index contributed by atoms with van der Waals surface area (Å²) in [4.78, 5) is 11.5. The SMILES string of the molecule is O=C(CNc1c(F)cccc1F)NCc1ccco1. The minimum absolute atomic E-state index is 0.224. The van der Waals surface area contributed by atoms with Crippen LogP contribution in [0.2, 0.25) is 0 Å². The molecule has 2 aromatic rings. The van der Waals surface area contributed by atoms with Crippen LogP contribution in [0.4, 0.5) is 14.5 Å². The lowest BCUT2D eigenvalue weighted by atomic mass is 10.3. The quantitative estimate of drug-likeness (QED) is 0.873. The van der Waals surface area contributed by atoms with E-state index in [0.29, 0.717) is 5.76 Å². The van der Waals surface area contributed by atoms with Crippen LogP contribution >= 0.6 is 0 Å². The molecule has 0 unspecified atom stereocenters. The first-order valence-electron chi connectivity index (χ1n) is 5.64. The van der Waals surface area contributed by atoms with E-state index < -0.39 is 11.6 Å². The number of carbonyl (C=O) groups excluding carboxylic acids is 1. The van der Waals surface area contributed by atoms with Crippen molar-refractivity contribution < 1.29 is 18.0 Å². The van der Waals surface area contributed by atoms with Crippen molar-refractivity contribution in [1.29, 1.82) is 0 Å². The molecule has 6 heteroatoms. The average molecular weight is 266 g/mol. The molecule has 0 saturated carbocycles. The van der Waals surface area contributed by atoms with Crippen LogP contribution in [0.1, 0.15) is 5.76 Å². The first-order chi connectivity index (χ1) is 9.16. The van der Waals surface area contributed by atoms with E-state index in [1.165, 1.54) is 12.3 Å². The summed E-state index contributed by atoms with van der Waals surface area (Å²) < 4.78 is 31.6. The second kappa shape index (κ2) is 5.99. The molecule has 1 aromatic carbocycles. The second-order valence-electron chi connectivity index (χ2n) is 3.81. The van der Waals surface area contributed by atoms with E-state index in [1.54, 1.807) is 12.1 Å². The predicted molar refractivity (Wildman–Crippen MR) is 65.4 cm³/mol. The molecule has 0 radical (unpaired) electrons. The van der Waals surface area contributed by atoms with Gasteiger partial charge in [0, 0.05) is 0 Å². The van der Waals surface area contributed by atoms with Crippen molar-refractivity contribution >= 4 is 11.6 Å². The Labute approximate surface area is 108 Å². The van der Waals surface area contributed by atoms with E-state index in [1.807, 2.05) is 0 Å². The third-order valence-corrected chi connectivity index (χ3v) is 2.43. The summed E-state index contributed by atoms with van der Waals surface area (Å²) >= 11 is 0. The molecule has 0 aliphatic heterocycles. The highest BCUT2D eigenvalue weighted by Gasteiger charge is 2.09. The number of anilines is 1. The summed E-state index contributed by atoms with van der Waals surface area (Å²) in [6.45, 7) is 0.00578. The monoisotopic (exact) mass is 266 g/mol. The number of hydrogen-bond donors (Lipinski definition) is 2. The molecule has 2 N–H and O–H groups in total. The number of rotatable bonds is 5. The van der Waals surface area contributed by atoms with Gasteiger partial charge in [-0.3, -0.25) is 4.79 Å². The molecule has 4 nitrogen and oxygen atoms in total. The number of hydrogen-bond acceptors (Lipinski definition) is 3. The van der Waals surface area contributed by atoms with E-state index >= 15 is 0 Å². The Morgan fingerprint density at radius 2 is 1.89 bits per heavy atom. The number of amides is 1. The van der Waals surface area contributed by atoms with Crippen molar-refractivity contribution in [2.45, 2.75) is 6.54 Å². The molecule has 0 atom stereocenters. The number of benzene rings is 1. The van der Waals surface area contributed by atoms with Crippen molar-refractivity contribution in [3.05, 3.63) is 54.0 Å². The molecule has 19 heavy (non-hydrogen) atoms. The normalized spacial score (nSPS) is 10.2. The molecular weight excluding hydrogens is 254 g/mol. The van der Waals surface area contributed by atoms with Gasteiger partial charge >= 0.3 is 0 Å². The fourth-order valence-corrected chi connectivity index (χ4v) is 1.50. The predicted octanol–water partition coefficient (Wildman–Crippen LogP) is 2.29. The number of para-hydroxylation sites is 1. The van der Waals surface area contributed by atoms with Gasteiger partial charge in [-0.1, -0.05) is 6.07 Å². The highest BCUT2D eigenvalue weighted by molar-refractivity contribution is 5.80. The van der Waals surface area contributed by atoms with Gasteiger partial charge < -0.3 is 15.1 Å². The minimum atomic E-state index is -0.737. The van der Waals surface area contributed by atoms with E-state index in [2.05, 4.69) is 10.6 Å². The molecule has 0 bridgehead atoms. The van der Waals surface area contributed by atoms with Gasteiger partial charge in [-0.2, -0.15) is 0 Å². The van der Waals surface area contributed by atoms with Crippen LogP contribution < -0.4 is 10.6 Å². The van der Waals surface area contributed by atoms with E-state index in [4.69, 9.17) is 4.42 Å². The standard InChI is InChI=1S/C13H12F2N2O2/c14-10-4-1-5-11(15)13(10)17-8-12(18)16-7-9-3-2-6-19-9/h1-6,17H,7-8H2,(H,16,18). The fourth-order valence-electron chi connectivity index (χ4n) is 1.50. The van der Waals surface area contributed by atoms with Gasteiger partial charge in [0.2, 0.25) is 5.91 Å². The first kappa shape index (κ1) is 13.1. The lowest BCUT2D eigenvalue weighted by Crippen LogP contribution is -2.29. The van der Waals surface area contributed by atoms with Crippen LogP contribution in [0.3, 0.4) is 0 Å². The second-order valence-corrected chi connectivity index (χ2v) is 3.81. The molecule has 0 spiro atoms. The van der Waals surface area contributed by atoms with Crippen molar-refractivity contribution in [2.75, 3.05) is 11.9 Å². The molecule has 1 aromatic heterocycles. The Morgan fingerprint density at radius 1 is 1.16 bits per heavy atom. The highest BCUT2D eigenvalue weighted by atomic mass is 19.1. The Morgan fingerprint density at radius 3 is 2.53 bits per heavy atom. The van der Waals surface area contributed by atoms with Gasteiger partial charge in [-0.25, -0.2) is 8.78 Å². The Balaban J connectivity index is 1.83. The summed E-state index contributed by atoms with van der Waals surface area (Å²) in [6.07, 6.45) is 1.49. The van der Waals surface area contributed by atoms with Gasteiger partial charge in [-0.15, -0.1) is 0 Å². The zero-order chi connectivity index (χ0) is 13.7. The Kier molecular flexibility index (Phi) is 4.12. The Bertz CT molecular complexity index is 536. The topological polar surface area (TPSA) is 54.3 Å². The van der Waals surface area contributed by atoms with E-state index in [0.717, 1.165) is 12.1 Å². The van der Waals surface area contributed by atoms with Gasteiger partial charge in [0.1, 0.15) is 23.1 Å². The summed E-state index contributed by atoms with van der Waals surface area (Å²) in [5.74, 6) is -1.26. The van der Waals surface area contributed by atoms with Crippen LogP contribution in [0.15, 0.2) is 41.0 Å². The number of nitrogens with one attached hydrogen (secondary N) is 2. The van der Waals surface area contributed by atoms with Gasteiger partial charge in [0.25, 0.3) is 0 Å². The van der Waals surface area contributed by atoms with Crippen molar-refractivity contribution in [3.63, 3.8) is 0 Å². The maximum Gasteiger partial charge on any atom is 0.239 e. The van der Waals surface area contributed by atoms with Crippen LogP contribution in [-0.4, -0.2) is 12.5 Å². The fraction of sp³-hybridized carbons (Fsp3) is 0.154.